The van der Waals surface area contributed by atoms with Gasteiger partial charge >= 0.3 is 0 Å². The SMILES string of the molecule is N#CSCC(=O)NS(=O)(=O)c1ccccc1. The average Bonchev–Trinajstić information content (AvgIpc) is 2.27. The van der Waals surface area contributed by atoms with E-state index < -0.39 is 15.9 Å². The molecule has 0 heterocycles. The van der Waals surface area contributed by atoms with Crippen LogP contribution in [0.3, 0.4) is 0 Å². The summed E-state index contributed by atoms with van der Waals surface area (Å²) in [5.41, 5.74) is 0. The number of thioether (sulfide) groups is 1. The van der Waals surface area contributed by atoms with Crippen LogP contribution in [0.15, 0.2) is 35.2 Å². The van der Waals surface area contributed by atoms with Gasteiger partial charge in [0.15, 0.2) is 0 Å². The zero-order valence-corrected chi connectivity index (χ0v) is 9.72. The first kappa shape index (κ1) is 12.5. The molecule has 0 saturated heterocycles. The third kappa shape index (κ3) is 3.56. The summed E-state index contributed by atoms with van der Waals surface area (Å²) in [6, 6.07) is 7.55. The van der Waals surface area contributed by atoms with Gasteiger partial charge in [-0.25, -0.2) is 13.1 Å². The number of thiocyanates is 1. The fourth-order valence-electron chi connectivity index (χ4n) is 0.936. The van der Waals surface area contributed by atoms with Gasteiger partial charge < -0.3 is 0 Å². The van der Waals surface area contributed by atoms with Crippen LogP contribution in [0.2, 0.25) is 0 Å². The van der Waals surface area contributed by atoms with E-state index >= 15 is 0 Å². The summed E-state index contributed by atoms with van der Waals surface area (Å²) in [5.74, 6) is -0.918. The fraction of sp³-hybridized carbons (Fsp3) is 0.111. The minimum Gasteiger partial charge on any atom is -0.273 e. The molecular formula is C9H8N2O3S2. The average molecular weight is 256 g/mol. The van der Waals surface area contributed by atoms with Crippen molar-refractivity contribution < 1.29 is 13.2 Å². The Morgan fingerprint density at radius 1 is 1.38 bits per heavy atom. The van der Waals surface area contributed by atoms with E-state index in [0.29, 0.717) is 11.8 Å². The number of benzene rings is 1. The lowest BCUT2D eigenvalue weighted by atomic mass is 10.4. The van der Waals surface area contributed by atoms with Gasteiger partial charge in [-0.3, -0.25) is 4.79 Å². The molecule has 0 aliphatic heterocycles. The van der Waals surface area contributed by atoms with E-state index in [0.717, 1.165) is 0 Å². The maximum atomic E-state index is 11.6. The molecule has 84 valence electrons. The van der Waals surface area contributed by atoms with E-state index in [1.165, 1.54) is 12.1 Å². The smallest absolute Gasteiger partial charge is 0.264 e. The van der Waals surface area contributed by atoms with Gasteiger partial charge in [-0.2, -0.15) is 5.26 Å². The lowest BCUT2D eigenvalue weighted by Crippen LogP contribution is -2.31. The highest BCUT2D eigenvalue weighted by Gasteiger charge is 2.16. The summed E-state index contributed by atoms with van der Waals surface area (Å²) in [6.07, 6.45) is 0. The minimum atomic E-state index is -3.81. The second-order valence-corrected chi connectivity index (χ2v) is 5.16. The van der Waals surface area contributed by atoms with Crippen LogP contribution in [0.5, 0.6) is 0 Å². The van der Waals surface area contributed by atoms with Gasteiger partial charge in [0.25, 0.3) is 10.0 Å². The number of nitriles is 1. The Balaban J connectivity index is 2.74. The standard InChI is InChI=1S/C9H8N2O3S2/c10-7-15-6-9(12)11-16(13,14)8-4-2-1-3-5-8/h1-5H,6H2,(H,11,12). The fourth-order valence-corrected chi connectivity index (χ4v) is 2.30. The summed E-state index contributed by atoms with van der Waals surface area (Å²) in [7, 11) is -3.81. The van der Waals surface area contributed by atoms with Crippen LogP contribution in [0.1, 0.15) is 0 Å². The Labute approximate surface area is 97.5 Å². The first-order chi connectivity index (χ1) is 7.56. The van der Waals surface area contributed by atoms with Crippen molar-refractivity contribution >= 4 is 27.7 Å². The molecule has 0 bridgehead atoms. The van der Waals surface area contributed by atoms with Gasteiger partial charge in [0.05, 0.1) is 10.6 Å². The maximum absolute atomic E-state index is 11.6. The predicted molar refractivity (Wildman–Crippen MR) is 59.8 cm³/mol. The van der Waals surface area contributed by atoms with Crippen molar-refractivity contribution in [2.45, 2.75) is 4.90 Å². The van der Waals surface area contributed by atoms with Crippen molar-refractivity contribution in [2.75, 3.05) is 5.75 Å². The maximum Gasteiger partial charge on any atom is 0.264 e. The van der Waals surface area contributed by atoms with Gasteiger partial charge in [0.2, 0.25) is 5.91 Å². The second-order valence-electron chi connectivity index (χ2n) is 2.72. The van der Waals surface area contributed by atoms with Crippen LogP contribution in [0.25, 0.3) is 0 Å². The van der Waals surface area contributed by atoms with E-state index in [2.05, 4.69) is 0 Å². The molecule has 0 saturated carbocycles. The minimum absolute atomic E-state index is 0.0188. The Morgan fingerprint density at radius 2 is 2.00 bits per heavy atom. The number of carbonyl (C=O) groups excluding carboxylic acids is 1. The van der Waals surface area contributed by atoms with Crippen LogP contribution in [0.4, 0.5) is 0 Å². The number of nitrogens with one attached hydrogen (secondary N) is 1. The number of amides is 1. The number of hydrogen-bond acceptors (Lipinski definition) is 5. The molecule has 0 fully saturated rings. The third-order valence-electron chi connectivity index (χ3n) is 1.57. The topological polar surface area (TPSA) is 87.0 Å². The summed E-state index contributed by atoms with van der Waals surface area (Å²) in [4.78, 5) is 11.1. The molecule has 1 N–H and O–H groups in total. The zero-order chi connectivity index (χ0) is 12.0. The highest BCUT2D eigenvalue weighted by atomic mass is 32.2. The number of hydrogen-bond donors (Lipinski definition) is 1. The van der Waals surface area contributed by atoms with E-state index in [-0.39, 0.29) is 10.6 Å². The molecule has 16 heavy (non-hydrogen) atoms. The second kappa shape index (κ2) is 5.53. The van der Waals surface area contributed by atoms with E-state index in [4.69, 9.17) is 5.26 Å². The van der Waals surface area contributed by atoms with E-state index in [1.807, 2.05) is 4.72 Å². The summed E-state index contributed by atoms with van der Waals surface area (Å²) in [5, 5.41) is 9.90. The molecule has 1 amide bonds. The lowest BCUT2D eigenvalue weighted by molar-refractivity contribution is -0.116. The van der Waals surface area contributed by atoms with Crippen molar-refractivity contribution in [1.82, 2.24) is 4.72 Å². The van der Waals surface area contributed by atoms with Crippen LogP contribution in [0, 0.1) is 10.7 Å². The highest BCUT2D eigenvalue weighted by Crippen LogP contribution is 2.07. The Morgan fingerprint density at radius 3 is 2.56 bits per heavy atom. The lowest BCUT2D eigenvalue weighted by Gasteiger charge is -2.04. The first-order valence-electron chi connectivity index (χ1n) is 4.18. The Kier molecular flexibility index (Phi) is 4.34. The quantitative estimate of drug-likeness (QED) is 0.801. The van der Waals surface area contributed by atoms with Gasteiger partial charge in [0, 0.05) is 0 Å². The molecule has 0 atom stereocenters. The van der Waals surface area contributed by atoms with Gasteiger partial charge in [-0.15, -0.1) is 0 Å². The van der Waals surface area contributed by atoms with Gasteiger partial charge in [-0.05, 0) is 23.9 Å². The van der Waals surface area contributed by atoms with E-state index in [9.17, 15) is 13.2 Å². The normalized spacial score (nSPS) is 10.4. The molecule has 5 nitrogen and oxygen atoms in total. The van der Waals surface area contributed by atoms with Crippen molar-refractivity contribution in [3.8, 4) is 5.40 Å². The molecule has 0 radical (unpaired) electrons. The van der Waals surface area contributed by atoms with Gasteiger partial charge in [-0.1, -0.05) is 18.2 Å². The molecule has 0 spiro atoms. The van der Waals surface area contributed by atoms with Crippen molar-refractivity contribution in [3.63, 3.8) is 0 Å². The first-order valence-corrected chi connectivity index (χ1v) is 6.65. The van der Waals surface area contributed by atoms with Crippen LogP contribution < -0.4 is 4.72 Å². The molecule has 0 aliphatic carbocycles. The predicted octanol–water partition coefficient (Wildman–Crippen LogP) is 0.706. The summed E-state index contributed by atoms with van der Waals surface area (Å²) >= 11 is 0.681. The highest BCUT2D eigenvalue weighted by molar-refractivity contribution is 8.04. The molecule has 1 aromatic carbocycles. The van der Waals surface area contributed by atoms with Crippen molar-refractivity contribution in [2.24, 2.45) is 0 Å². The molecule has 1 rings (SSSR count). The molecular weight excluding hydrogens is 248 g/mol. The van der Waals surface area contributed by atoms with Crippen LogP contribution in [-0.2, 0) is 14.8 Å². The molecule has 1 aromatic rings. The summed E-state index contributed by atoms with van der Waals surface area (Å²) in [6.45, 7) is 0. The Bertz CT molecular complexity index is 505. The molecule has 0 aliphatic rings. The Hall–Kier alpha value is -1.52. The zero-order valence-electron chi connectivity index (χ0n) is 8.08. The van der Waals surface area contributed by atoms with Crippen LogP contribution in [-0.4, -0.2) is 20.1 Å². The van der Waals surface area contributed by atoms with Crippen LogP contribution >= 0.6 is 11.8 Å². The number of carbonyl (C=O) groups is 1. The number of rotatable bonds is 4. The van der Waals surface area contributed by atoms with Crippen molar-refractivity contribution in [3.05, 3.63) is 30.3 Å². The molecule has 7 heteroatoms. The number of nitrogens with zero attached hydrogens (tertiary/aromatic N) is 1. The third-order valence-corrected chi connectivity index (χ3v) is 3.49. The molecule has 0 unspecified atom stereocenters. The van der Waals surface area contributed by atoms with Crippen molar-refractivity contribution in [1.29, 1.82) is 5.26 Å². The largest absolute Gasteiger partial charge is 0.273 e. The van der Waals surface area contributed by atoms with Gasteiger partial charge in [0.1, 0.15) is 5.40 Å². The monoisotopic (exact) mass is 256 g/mol. The number of sulfonamides is 1. The summed E-state index contributed by atoms with van der Waals surface area (Å²) < 4.78 is 25.0. The van der Waals surface area contributed by atoms with E-state index in [1.54, 1.807) is 23.6 Å². The molecule has 0 aromatic heterocycles.